The number of fused-ring (bicyclic) bond motifs is 1. The molecule has 3 atom stereocenters. The maximum atomic E-state index is 13.3. The van der Waals surface area contributed by atoms with Crippen LogP contribution in [-0.4, -0.2) is 78.4 Å². The van der Waals surface area contributed by atoms with Crippen molar-refractivity contribution in [3.8, 4) is 23.1 Å². The van der Waals surface area contributed by atoms with Crippen LogP contribution >= 0.6 is 40.5 Å². The van der Waals surface area contributed by atoms with E-state index in [4.69, 9.17) is 19.2 Å². The van der Waals surface area contributed by atoms with Gasteiger partial charge in [-0.05, 0) is 90.3 Å². The Morgan fingerprint density at radius 2 is 1.52 bits per heavy atom. The molecule has 2 amide bonds. The van der Waals surface area contributed by atoms with Crippen molar-refractivity contribution in [2.45, 2.75) is 97.1 Å². The first-order valence-corrected chi connectivity index (χ1v) is 17.8. The summed E-state index contributed by atoms with van der Waals surface area (Å²) in [5.74, 6) is 7.95. The molecule has 3 aliphatic rings. The molecule has 7 rings (SSSR count). The Balaban J connectivity index is 0.00000210. The molecule has 0 radical (unpaired) electrons. The SMILES string of the molecule is C.C=C1C[C@@H](c2ncc(-c3ccc(C#Cc4ccc5nc([C@@H]6C[C@@]7(CC=CCO7)CN6C(=O)OC(C)(C)C)[nH]c5c4)cc3)[nH]2)N(C(=O)OC(C)(C)C)C1.S.S.S. The van der Waals surface area contributed by atoms with Crippen LogP contribution in [0.4, 0.5) is 9.59 Å². The number of nitrogens with one attached hydrogen (secondary N) is 2. The van der Waals surface area contributed by atoms with E-state index in [1.165, 1.54) is 0 Å². The summed E-state index contributed by atoms with van der Waals surface area (Å²) in [6, 6.07) is 13.3. The van der Waals surface area contributed by atoms with E-state index in [1.807, 2.05) is 90.1 Å². The van der Waals surface area contributed by atoms with E-state index in [0.717, 1.165) is 45.4 Å². The lowest BCUT2D eigenvalue weighted by Gasteiger charge is -2.31. The number of hydrogen-bond donors (Lipinski definition) is 2. The molecule has 2 saturated heterocycles. The Morgan fingerprint density at radius 3 is 2.16 bits per heavy atom. The fraction of sp³-hybridized carbons (Fsp3) is 0.429. The molecule has 11 nitrogen and oxygen atoms in total. The average molecular weight is 821 g/mol. The summed E-state index contributed by atoms with van der Waals surface area (Å²) < 4.78 is 17.6. The summed E-state index contributed by atoms with van der Waals surface area (Å²) in [7, 11) is 0. The first-order valence-electron chi connectivity index (χ1n) is 17.8. The number of nitrogens with zero attached hydrogens (tertiary/aromatic N) is 4. The van der Waals surface area contributed by atoms with Crippen LogP contribution in [0, 0.1) is 11.8 Å². The minimum Gasteiger partial charge on any atom is -0.444 e. The Hall–Kier alpha value is -4.29. The minimum absolute atomic E-state index is 0. The van der Waals surface area contributed by atoms with E-state index in [9.17, 15) is 9.59 Å². The van der Waals surface area contributed by atoms with Crippen molar-refractivity contribution >= 4 is 63.7 Å². The Kier molecular flexibility index (Phi) is 14.7. The molecule has 0 aliphatic carbocycles. The third-order valence-corrected chi connectivity index (χ3v) is 9.32. The van der Waals surface area contributed by atoms with Crippen LogP contribution in [0.2, 0.25) is 0 Å². The monoisotopic (exact) mass is 820 g/mol. The molecule has 302 valence electrons. The number of imidazole rings is 2. The average Bonchev–Trinajstić information content (AvgIpc) is 3.87. The molecule has 56 heavy (non-hydrogen) atoms. The van der Waals surface area contributed by atoms with Gasteiger partial charge in [0.25, 0.3) is 0 Å². The second kappa shape index (κ2) is 17.9. The number of rotatable bonds is 3. The summed E-state index contributed by atoms with van der Waals surface area (Å²) in [5.41, 5.74) is 4.45. The number of aromatic nitrogens is 4. The number of ether oxygens (including phenoxy) is 3. The summed E-state index contributed by atoms with van der Waals surface area (Å²) in [6.07, 6.45) is 7.17. The smallest absolute Gasteiger partial charge is 0.411 e. The predicted molar refractivity (Wildman–Crippen MR) is 236 cm³/mol. The molecular weight excluding hydrogens is 765 g/mol. The van der Waals surface area contributed by atoms with Gasteiger partial charge in [0, 0.05) is 24.1 Å². The molecule has 1 spiro atoms. The molecule has 5 heterocycles. The number of carbonyl (C=O) groups is 2. The van der Waals surface area contributed by atoms with Gasteiger partial charge in [-0.3, -0.25) is 9.80 Å². The summed E-state index contributed by atoms with van der Waals surface area (Å²) >= 11 is 0. The van der Waals surface area contributed by atoms with Gasteiger partial charge in [-0.2, -0.15) is 40.5 Å². The van der Waals surface area contributed by atoms with Crippen molar-refractivity contribution < 1.29 is 23.8 Å². The van der Waals surface area contributed by atoms with Crippen LogP contribution < -0.4 is 0 Å². The molecule has 0 unspecified atom stereocenters. The zero-order valence-electron chi connectivity index (χ0n) is 32.2. The standard InChI is InChI=1S/C41H46N6O5.CH4.3H2S/c1-26-20-33(46(24-26)37(48)51-39(2,3)4)35-42-23-32(45-35)29-15-12-27(13-16-29)10-11-28-14-17-30-31(21-28)44-36(43-30)34-22-41(18-8-9-19-50-41)25-47(34)38(49)52-40(5,6)7;;;;/h8-9,12-17,21,23,33-34H,1,18-20,22,24-25H2,2-7H3,(H,42,45)(H,43,44);1H4;3*1H2/t33-,34-,41-;;;;/m0..../s1. The lowest BCUT2D eigenvalue weighted by Crippen LogP contribution is -2.41. The lowest BCUT2D eigenvalue weighted by atomic mass is 9.94. The number of likely N-dealkylation sites (tertiary alicyclic amines) is 2. The van der Waals surface area contributed by atoms with Crippen LogP contribution in [0.1, 0.15) is 103 Å². The number of benzene rings is 2. The minimum atomic E-state index is -0.618. The molecule has 2 aromatic carbocycles. The number of H-pyrrole nitrogens is 2. The number of hydrogen-bond acceptors (Lipinski definition) is 7. The third kappa shape index (κ3) is 10.4. The van der Waals surface area contributed by atoms with Crippen LogP contribution in [0.3, 0.4) is 0 Å². The summed E-state index contributed by atoms with van der Waals surface area (Å²) in [6.45, 7) is 16.7. The van der Waals surface area contributed by atoms with Gasteiger partial charge in [-0.15, -0.1) is 0 Å². The Labute approximate surface area is 351 Å². The molecule has 0 saturated carbocycles. The fourth-order valence-electron chi connectivity index (χ4n) is 6.96. The van der Waals surface area contributed by atoms with E-state index in [0.29, 0.717) is 44.2 Å². The van der Waals surface area contributed by atoms with Crippen LogP contribution in [0.25, 0.3) is 22.3 Å². The zero-order valence-corrected chi connectivity index (χ0v) is 35.2. The molecule has 4 aromatic rings. The molecule has 0 bridgehead atoms. The third-order valence-electron chi connectivity index (χ3n) is 9.32. The maximum absolute atomic E-state index is 13.3. The first-order chi connectivity index (χ1) is 24.6. The van der Waals surface area contributed by atoms with Gasteiger partial charge < -0.3 is 24.2 Å². The van der Waals surface area contributed by atoms with Gasteiger partial charge in [0.1, 0.15) is 22.9 Å². The van der Waals surface area contributed by atoms with Crippen LogP contribution in [0.5, 0.6) is 0 Å². The van der Waals surface area contributed by atoms with Gasteiger partial charge in [-0.25, -0.2) is 19.6 Å². The Morgan fingerprint density at radius 1 is 0.875 bits per heavy atom. The second-order valence-electron chi connectivity index (χ2n) is 15.9. The van der Waals surface area contributed by atoms with E-state index in [2.05, 4.69) is 39.4 Å². The van der Waals surface area contributed by atoms with E-state index in [1.54, 1.807) is 16.0 Å². The van der Waals surface area contributed by atoms with Gasteiger partial charge in [0.05, 0.1) is 53.8 Å². The topological polar surface area (TPSA) is 126 Å². The fourth-order valence-corrected chi connectivity index (χ4v) is 6.96. The van der Waals surface area contributed by atoms with Crippen molar-refractivity contribution in [2.75, 3.05) is 19.7 Å². The molecule has 2 fully saturated rings. The zero-order chi connectivity index (χ0) is 36.8. The van der Waals surface area contributed by atoms with Crippen LogP contribution in [0.15, 0.2) is 73.0 Å². The highest BCUT2D eigenvalue weighted by atomic mass is 32.1. The van der Waals surface area contributed by atoms with Crippen molar-refractivity contribution in [1.29, 1.82) is 0 Å². The largest absolute Gasteiger partial charge is 0.444 e. The predicted octanol–water partition coefficient (Wildman–Crippen LogP) is 8.96. The van der Waals surface area contributed by atoms with Crippen molar-refractivity contribution in [3.63, 3.8) is 0 Å². The van der Waals surface area contributed by atoms with E-state index < -0.39 is 16.8 Å². The lowest BCUT2D eigenvalue weighted by molar-refractivity contribution is -0.0311. The van der Waals surface area contributed by atoms with Crippen molar-refractivity contribution in [3.05, 3.63) is 95.7 Å². The molecular formula is C42H56N6O5S3. The molecule has 2 aromatic heterocycles. The highest BCUT2D eigenvalue weighted by Gasteiger charge is 2.49. The van der Waals surface area contributed by atoms with Gasteiger partial charge in [0.15, 0.2) is 0 Å². The van der Waals surface area contributed by atoms with Gasteiger partial charge in [0.2, 0.25) is 0 Å². The highest BCUT2D eigenvalue weighted by Crippen LogP contribution is 2.43. The van der Waals surface area contributed by atoms with Crippen molar-refractivity contribution in [2.24, 2.45) is 0 Å². The molecule has 2 N–H and O–H groups in total. The Bertz CT molecular complexity index is 2120. The highest BCUT2D eigenvalue weighted by molar-refractivity contribution is 7.59. The molecule has 14 heteroatoms. The van der Waals surface area contributed by atoms with Gasteiger partial charge in [-0.1, -0.05) is 55.7 Å². The number of carbonyl (C=O) groups excluding carboxylic acids is 2. The van der Waals surface area contributed by atoms with Gasteiger partial charge >= 0.3 is 12.2 Å². The first kappa shape index (κ1) is 46.1. The number of aromatic amines is 2. The van der Waals surface area contributed by atoms with E-state index >= 15 is 0 Å². The quantitative estimate of drug-likeness (QED) is 0.156. The molecule has 3 aliphatic heterocycles. The normalized spacial score (nSPS) is 20.3. The maximum Gasteiger partial charge on any atom is 0.411 e. The second-order valence-corrected chi connectivity index (χ2v) is 15.9. The summed E-state index contributed by atoms with van der Waals surface area (Å²) in [5, 5.41) is 0. The van der Waals surface area contributed by atoms with Crippen molar-refractivity contribution in [1.82, 2.24) is 29.7 Å². The van der Waals surface area contributed by atoms with E-state index in [-0.39, 0.29) is 72.2 Å². The summed E-state index contributed by atoms with van der Waals surface area (Å²) in [4.78, 5) is 46.1. The van der Waals surface area contributed by atoms with Crippen LogP contribution in [-0.2, 0) is 14.2 Å². The number of amides is 2.